The number of fused-ring (bicyclic) bond motifs is 7. The molecule has 0 spiro atoms. The van der Waals surface area contributed by atoms with Gasteiger partial charge in [-0.15, -0.1) is 0 Å². The molecule has 0 bridgehead atoms. The van der Waals surface area contributed by atoms with Crippen LogP contribution >= 0.6 is 0 Å². The molecule has 4 heteroatoms. The number of rotatable bonds is 6. The second-order valence-electron chi connectivity index (χ2n) is 15.3. The first kappa shape index (κ1) is 33.2. The predicted molar refractivity (Wildman–Crippen MR) is 246 cm³/mol. The summed E-state index contributed by atoms with van der Waals surface area (Å²) in [6.45, 7) is 0. The van der Waals surface area contributed by atoms with Crippen LogP contribution in [0, 0.1) is 0 Å². The Bertz CT molecular complexity index is 3460. The van der Waals surface area contributed by atoms with Gasteiger partial charge in [0.05, 0.1) is 39.0 Å². The second-order valence-corrected chi connectivity index (χ2v) is 15.3. The molecule has 0 fully saturated rings. The Morgan fingerprint density at radius 1 is 0.288 bits per heavy atom. The van der Waals surface area contributed by atoms with Gasteiger partial charge >= 0.3 is 0 Å². The Morgan fingerprint density at radius 2 is 0.797 bits per heavy atom. The zero-order chi connectivity index (χ0) is 38.9. The number of aromatic nitrogens is 4. The van der Waals surface area contributed by atoms with Gasteiger partial charge in [-0.3, -0.25) is 0 Å². The van der Waals surface area contributed by atoms with Crippen molar-refractivity contribution in [1.29, 1.82) is 0 Å². The molecular weight excluding hydrogens is 717 g/mol. The van der Waals surface area contributed by atoms with E-state index in [4.69, 9.17) is 4.98 Å². The van der Waals surface area contributed by atoms with Crippen molar-refractivity contribution >= 4 is 54.5 Å². The zero-order valence-corrected chi connectivity index (χ0v) is 32.1. The van der Waals surface area contributed by atoms with Crippen LogP contribution in [0.25, 0.3) is 105 Å². The van der Waals surface area contributed by atoms with E-state index in [1.807, 2.05) is 0 Å². The molecule has 4 nitrogen and oxygen atoms in total. The fourth-order valence-electron chi connectivity index (χ4n) is 9.09. The van der Waals surface area contributed by atoms with E-state index in [-0.39, 0.29) is 0 Å². The molecular formula is C55H36N4. The van der Waals surface area contributed by atoms with Crippen molar-refractivity contribution in [3.63, 3.8) is 0 Å². The number of para-hydroxylation sites is 3. The molecule has 0 unspecified atom stereocenters. The normalized spacial score (nSPS) is 11.7. The van der Waals surface area contributed by atoms with Crippen molar-refractivity contribution in [2.24, 2.45) is 0 Å². The highest BCUT2D eigenvalue weighted by atomic mass is 15.0. The summed E-state index contributed by atoms with van der Waals surface area (Å²) in [5, 5.41) is 6.05. The van der Waals surface area contributed by atoms with Gasteiger partial charge in [-0.2, -0.15) is 0 Å². The van der Waals surface area contributed by atoms with Crippen LogP contribution in [-0.2, 0) is 0 Å². The largest absolute Gasteiger partial charge is 0.317 e. The lowest BCUT2D eigenvalue weighted by molar-refractivity contribution is 1.13. The molecule has 0 radical (unpaired) electrons. The van der Waals surface area contributed by atoms with Gasteiger partial charge in [0.2, 0.25) is 0 Å². The molecule has 4 heterocycles. The van der Waals surface area contributed by atoms with E-state index in [1.54, 1.807) is 0 Å². The molecule has 0 atom stereocenters. The molecule has 276 valence electrons. The van der Waals surface area contributed by atoms with Crippen LogP contribution in [0.3, 0.4) is 0 Å². The molecule has 12 aromatic rings. The van der Waals surface area contributed by atoms with Gasteiger partial charge in [-0.05, 0) is 96.1 Å². The van der Waals surface area contributed by atoms with Gasteiger partial charge < -0.3 is 13.7 Å². The van der Waals surface area contributed by atoms with Crippen molar-refractivity contribution in [1.82, 2.24) is 18.7 Å². The zero-order valence-electron chi connectivity index (χ0n) is 32.1. The van der Waals surface area contributed by atoms with Crippen LogP contribution in [0.1, 0.15) is 0 Å². The van der Waals surface area contributed by atoms with Crippen molar-refractivity contribution in [3.8, 4) is 50.7 Å². The standard InChI is InChI=1S/C55H36N4/c1-5-16-37(17-6-1)41-31-49(38-18-7-2-8-19-38)56-50(32-41)39-20-15-25-44(30-39)59-53-33-40-28-29-57(42-21-9-3-10-22-42)52(40)34-47(53)48-36-54-46(35-55(48)59)45-26-13-14-27-51(45)58(54)43-23-11-4-12-24-43/h1-36H. The summed E-state index contributed by atoms with van der Waals surface area (Å²) < 4.78 is 7.17. The Morgan fingerprint density at radius 3 is 1.51 bits per heavy atom. The highest BCUT2D eigenvalue weighted by Crippen LogP contribution is 2.42. The molecule has 0 amide bonds. The van der Waals surface area contributed by atoms with E-state index in [1.165, 1.54) is 43.5 Å². The third kappa shape index (κ3) is 5.42. The fourth-order valence-corrected chi connectivity index (χ4v) is 9.09. The first-order valence-electron chi connectivity index (χ1n) is 20.1. The lowest BCUT2D eigenvalue weighted by Gasteiger charge is -2.13. The molecule has 0 aliphatic carbocycles. The summed E-state index contributed by atoms with van der Waals surface area (Å²) in [6, 6.07) is 76.3. The summed E-state index contributed by atoms with van der Waals surface area (Å²) in [7, 11) is 0. The Hall–Kier alpha value is -7.95. The highest BCUT2D eigenvalue weighted by Gasteiger charge is 2.20. The van der Waals surface area contributed by atoms with Crippen LogP contribution in [0.2, 0.25) is 0 Å². The van der Waals surface area contributed by atoms with Gasteiger partial charge in [-0.1, -0.05) is 127 Å². The fraction of sp³-hybridized carbons (Fsp3) is 0. The Labute approximate surface area is 341 Å². The lowest BCUT2D eigenvalue weighted by Crippen LogP contribution is -1.96. The Kier molecular flexibility index (Phi) is 7.50. The predicted octanol–water partition coefficient (Wildman–Crippen LogP) is 14.2. The maximum Gasteiger partial charge on any atom is 0.0716 e. The van der Waals surface area contributed by atoms with E-state index in [0.717, 1.165) is 61.7 Å². The molecule has 4 aromatic heterocycles. The van der Waals surface area contributed by atoms with Gasteiger partial charge in [0, 0.05) is 61.3 Å². The van der Waals surface area contributed by atoms with Gasteiger partial charge in [-0.25, -0.2) is 4.98 Å². The number of nitrogens with zero attached hydrogens (tertiary/aromatic N) is 4. The highest BCUT2D eigenvalue weighted by molar-refractivity contribution is 6.20. The average Bonchev–Trinajstić information content (AvgIpc) is 3.98. The topological polar surface area (TPSA) is 27.7 Å². The quantitative estimate of drug-likeness (QED) is 0.166. The molecule has 59 heavy (non-hydrogen) atoms. The minimum Gasteiger partial charge on any atom is -0.317 e. The molecule has 8 aromatic carbocycles. The van der Waals surface area contributed by atoms with Crippen LogP contribution in [0.4, 0.5) is 0 Å². The molecule has 0 saturated heterocycles. The number of benzene rings is 8. The van der Waals surface area contributed by atoms with Crippen LogP contribution < -0.4 is 0 Å². The van der Waals surface area contributed by atoms with Crippen molar-refractivity contribution in [2.45, 2.75) is 0 Å². The monoisotopic (exact) mass is 752 g/mol. The maximum absolute atomic E-state index is 5.31. The summed E-state index contributed by atoms with van der Waals surface area (Å²) >= 11 is 0. The maximum atomic E-state index is 5.31. The van der Waals surface area contributed by atoms with Gasteiger partial charge in [0.1, 0.15) is 0 Å². The lowest BCUT2D eigenvalue weighted by atomic mass is 10.00. The van der Waals surface area contributed by atoms with E-state index in [9.17, 15) is 0 Å². The first-order valence-corrected chi connectivity index (χ1v) is 20.1. The molecule has 0 aliphatic heterocycles. The summed E-state index contributed by atoms with van der Waals surface area (Å²) in [5.41, 5.74) is 15.6. The van der Waals surface area contributed by atoms with E-state index in [2.05, 4.69) is 232 Å². The third-order valence-corrected chi connectivity index (χ3v) is 11.8. The average molecular weight is 753 g/mol. The SMILES string of the molecule is c1ccc(-c2cc(-c3ccccc3)nc(-c3cccc(-n4c5cc6ccn(-c7ccccc7)c6cc5c5cc6c(cc54)c4ccccc4n6-c4ccccc4)c3)c2)cc1. The molecule has 0 aliphatic rings. The minimum absolute atomic E-state index is 0.934. The van der Waals surface area contributed by atoms with Crippen molar-refractivity contribution < 1.29 is 0 Å². The van der Waals surface area contributed by atoms with E-state index < -0.39 is 0 Å². The minimum atomic E-state index is 0.934. The number of hydrogen-bond donors (Lipinski definition) is 0. The molecule has 0 saturated carbocycles. The van der Waals surface area contributed by atoms with Crippen LogP contribution in [-0.4, -0.2) is 18.7 Å². The smallest absolute Gasteiger partial charge is 0.0716 e. The van der Waals surface area contributed by atoms with Crippen LogP contribution in [0.5, 0.6) is 0 Å². The number of pyridine rings is 1. The second kappa shape index (κ2) is 13.3. The third-order valence-electron chi connectivity index (χ3n) is 11.8. The van der Waals surface area contributed by atoms with Gasteiger partial charge in [0.15, 0.2) is 0 Å². The Balaban J connectivity index is 1.14. The number of hydrogen-bond acceptors (Lipinski definition) is 1. The van der Waals surface area contributed by atoms with Crippen molar-refractivity contribution in [3.05, 3.63) is 219 Å². The van der Waals surface area contributed by atoms with Gasteiger partial charge in [0.25, 0.3) is 0 Å². The van der Waals surface area contributed by atoms with Crippen molar-refractivity contribution in [2.75, 3.05) is 0 Å². The summed E-state index contributed by atoms with van der Waals surface area (Å²) in [4.78, 5) is 5.31. The summed E-state index contributed by atoms with van der Waals surface area (Å²) in [6.07, 6.45) is 2.19. The molecule has 0 N–H and O–H groups in total. The van der Waals surface area contributed by atoms with E-state index >= 15 is 0 Å². The first-order chi connectivity index (χ1) is 29.2. The molecule has 12 rings (SSSR count). The van der Waals surface area contributed by atoms with E-state index in [0.29, 0.717) is 0 Å². The summed E-state index contributed by atoms with van der Waals surface area (Å²) in [5.74, 6) is 0. The van der Waals surface area contributed by atoms with Crippen LogP contribution in [0.15, 0.2) is 219 Å².